The first-order valence-corrected chi connectivity index (χ1v) is 10.0. The van der Waals surface area contributed by atoms with E-state index in [9.17, 15) is 4.79 Å². The van der Waals surface area contributed by atoms with Crippen LogP contribution in [0.5, 0.6) is 0 Å². The molecule has 5 rings (SSSR count). The van der Waals surface area contributed by atoms with E-state index >= 15 is 0 Å². The minimum absolute atomic E-state index is 0.0378. The molecule has 0 saturated heterocycles. The first-order chi connectivity index (χ1) is 14.0. The Morgan fingerprint density at radius 1 is 0.931 bits per heavy atom. The summed E-state index contributed by atoms with van der Waals surface area (Å²) in [6.07, 6.45) is 3.29. The van der Waals surface area contributed by atoms with E-state index in [0.717, 1.165) is 46.3 Å². The van der Waals surface area contributed by atoms with Gasteiger partial charge in [0.05, 0.1) is 16.7 Å². The maximum atomic E-state index is 12.1. The molecule has 2 heterocycles. The third-order valence-corrected chi connectivity index (χ3v) is 6.17. The Bertz CT molecular complexity index is 1250. The molecular formula is C25H23N3O. The molecule has 4 heteroatoms. The summed E-state index contributed by atoms with van der Waals surface area (Å²) < 4.78 is 1.65. The van der Waals surface area contributed by atoms with Crippen LogP contribution in [-0.4, -0.2) is 9.55 Å². The number of hydrogen-bond acceptors (Lipinski definition) is 3. The van der Waals surface area contributed by atoms with Crippen molar-refractivity contribution in [1.29, 1.82) is 0 Å². The van der Waals surface area contributed by atoms with Crippen LogP contribution in [0.4, 0.5) is 0 Å². The lowest BCUT2D eigenvalue weighted by atomic mass is 9.72. The lowest BCUT2D eigenvalue weighted by Crippen LogP contribution is -2.43. The van der Waals surface area contributed by atoms with Gasteiger partial charge in [0, 0.05) is 29.8 Å². The van der Waals surface area contributed by atoms with Gasteiger partial charge in [-0.05, 0) is 42.5 Å². The Labute approximate surface area is 169 Å². The summed E-state index contributed by atoms with van der Waals surface area (Å²) in [6.45, 7) is 0. The van der Waals surface area contributed by atoms with Crippen molar-refractivity contribution >= 4 is 11.0 Å². The molecule has 4 aromatic rings. The summed E-state index contributed by atoms with van der Waals surface area (Å²) in [6, 6.07) is 24.1. The average molecular weight is 381 g/mol. The van der Waals surface area contributed by atoms with E-state index in [0.29, 0.717) is 0 Å². The summed E-state index contributed by atoms with van der Waals surface area (Å²) >= 11 is 0. The highest BCUT2D eigenvalue weighted by atomic mass is 16.1. The van der Waals surface area contributed by atoms with Crippen LogP contribution in [0.1, 0.15) is 24.8 Å². The quantitative estimate of drug-likeness (QED) is 0.564. The van der Waals surface area contributed by atoms with Crippen molar-refractivity contribution in [3.05, 3.63) is 88.7 Å². The van der Waals surface area contributed by atoms with Gasteiger partial charge in [0.25, 0.3) is 5.56 Å². The number of benzene rings is 2. The smallest absolute Gasteiger partial charge is 0.250 e. The predicted octanol–water partition coefficient (Wildman–Crippen LogP) is 4.61. The average Bonchev–Trinajstić information content (AvgIpc) is 2.75. The third-order valence-electron chi connectivity index (χ3n) is 6.17. The van der Waals surface area contributed by atoms with Crippen LogP contribution in [0.25, 0.3) is 33.4 Å². The fourth-order valence-corrected chi connectivity index (χ4v) is 4.15. The number of nitrogens with zero attached hydrogens (tertiary/aromatic N) is 2. The Morgan fingerprint density at radius 2 is 1.66 bits per heavy atom. The molecule has 1 aliphatic carbocycles. The van der Waals surface area contributed by atoms with Crippen molar-refractivity contribution in [2.24, 2.45) is 12.8 Å². The summed E-state index contributed by atoms with van der Waals surface area (Å²) in [5.74, 6) is 0. The highest BCUT2D eigenvalue weighted by Gasteiger charge is 2.34. The topological polar surface area (TPSA) is 60.9 Å². The van der Waals surface area contributed by atoms with Gasteiger partial charge in [-0.2, -0.15) is 0 Å². The van der Waals surface area contributed by atoms with Crippen molar-refractivity contribution in [3.63, 3.8) is 0 Å². The summed E-state index contributed by atoms with van der Waals surface area (Å²) in [7, 11) is 1.79. The van der Waals surface area contributed by atoms with Crippen LogP contribution in [0.2, 0.25) is 0 Å². The zero-order valence-electron chi connectivity index (χ0n) is 16.4. The zero-order valence-corrected chi connectivity index (χ0v) is 16.4. The Balaban J connectivity index is 1.71. The summed E-state index contributed by atoms with van der Waals surface area (Å²) in [4.78, 5) is 17.1. The monoisotopic (exact) mass is 381 g/mol. The van der Waals surface area contributed by atoms with Gasteiger partial charge < -0.3 is 10.3 Å². The van der Waals surface area contributed by atoms with Gasteiger partial charge in [-0.15, -0.1) is 0 Å². The van der Waals surface area contributed by atoms with E-state index in [2.05, 4.69) is 42.5 Å². The molecule has 2 N–H and O–H groups in total. The number of fused-ring (bicyclic) bond motifs is 1. The highest BCUT2D eigenvalue weighted by molar-refractivity contribution is 5.90. The summed E-state index contributed by atoms with van der Waals surface area (Å²) in [5, 5.41) is 0. The van der Waals surface area contributed by atoms with Crippen molar-refractivity contribution in [2.45, 2.75) is 24.8 Å². The van der Waals surface area contributed by atoms with Gasteiger partial charge in [0.15, 0.2) is 0 Å². The fraction of sp³-hybridized carbons (Fsp3) is 0.200. The van der Waals surface area contributed by atoms with Crippen LogP contribution in [0.3, 0.4) is 0 Å². The molecule has 0 bridgehead atoms. The second-order valence-electron chi connectivity index (χ2n) is 7.97. The molecule has 0 amide bonds. The number of hydrogen-bond donors (Lipinski definition) is 1. The molecule has 29 heavy (non-hydrogen) atoms. The maximum absolute atomic E-state index is 12.1. The zero-order chi connectivity index (χ0) is 20.0. The molecule has 0 spiro atoms. The van der Waals surface area contributed by atoms with E-state index in [1.165, 1.54) is 12.0 Å². The van der Waals surface area contributed by atoms with Crippen molar-refractivity contribution in [3.8, 4) is 22.4 Å². The standard InChI is InChI=1S/C25H23N3O/c1-28-22-16-20(17-6-3-2-4-7-17)24(27-21(22)12-13-23(28)29)18-8-10-19(11-9-18)25(26)14-5-15-25/h2-4,6-13,16H,5,14-15,26H2,1H3. The van der Waals surface area contributed by atoms with Crippen LogP contribution in [-0.2, 0) is 12.6 Å². The van der Waals surface area contributed by atoms with Crippen LogP contribution >= 0.6 is 0 Å². The first kappa shape index (κ1) is 17.8. The predicted molar refractivity (Wildman–Crippen MR) is 118 cm³/mol. The van der Waals surface area contributed by atoms with Crippen molar-refractivity contribution in [1.82, 2.24) is 9.55 Å². The van der Waals surface area contributed by atoms with E-state index < -0.39 is 0 Å². The number of nitrogens with two attached hydrogens (primary N) is 1. The molecule has 2 aromatic carbocycles. The van der Waals surface area contributed by atoms with Crippen LogP contribution in [0.15, 0.2) is 77.6 Å². The molecular weight excluding hydrogens is 358 g/mol. The Hall–Kier alpha value is -3.24. The fourth-order valence-electron chi connectivity index (χ4n) is 4.15. The molecule has 0 atom stereocenters. The van der Waals surface area contributed by atoms with Crippen molar-refractivity contribution < 1.29 is 0 Å². The second kappa shape index (κ2) is 6.68. The number of aromatic nitrogens is 2. The van der Waals surface area contributed by atoms with E-state index in [1.807, 2.05) is 18.2 Å². The van der Waals surface area contributed by atoms with Crippen LogP contribution in [0, 0.1) is 0 Å². The molecule has 144 valence electrons. The van der Waals surface area contributed by atoms with Gasteiger partial charge in [-0.1, -0.05) is 54.6 Å². The number of aryl methyl sites for hydroxylation is 1. The molecule has 2 aromatic heterocycles. The Morgan fingerprint density at radius 3 is 2.31 bits per heavy atom. The molecule has 1 saturated carbocycles. The minimum Gasteiger partial charge on any atom is -0.321 e. The van der Waals surface area contributed by atoms with Gasteiger partial charge in [0.1, 0.15) is 0 Å². The second-order valence-corrected chi connectivity index (χ2v) is 7.97. The number of pyridine rings is 2. The summed E-state index contributed by atoms with van der Waals surface area (Å²) in [5.41, 5.74) is 13.2. The molecule has 1 aliphatic rings. The third kappa shape index (κ3) is 2.97. The minimum atomic E-state index is -0.171. The maximum Gasteiger partial charge on any atom is 0.250 e. The van der Waals surface area contributed by atoms with Crippen molar-refractivity contribution in [2.75, 3.05) is 0 Å². The highest BCUT2D eigenvalue weighted by Crippen LogP contribution is 2.40. The van der Waals surface area contributed by atoms with Crippen LogP contribution < -0.4 is 11.3 Å². The van der Waals surface area contributed by atoms with Gasteiger partial charge in [0.2, 0.25) is 0 Å². The largest absolute Gasteiger partial charge is 0.321 e. The lowest BCUT2D eigenvalue weighted by molar-refractivity contribution is 0.253. The normalized spacial score (nSPS) is 15.2. The molecule has 0 radical (unpaired) electrons. The van der Waals surface area contributed by atoms with E-state index in [4.69, 9.17) is 10.7 Å². The molecule has 4 nitrogen and oxygen atoms in total. The first-order valence-electron chi connectivity index (χ1n) is 10.0. The SMILES string of the molecule is Cn1c(=O)ccc2nc(-c3ccc(C4(N)CCC4)cc3)c(-c3ccccc3)cc21. The van der Waals surface area contributed by atoms with E-state index in [1.54, 1.807) is 23.7 Å². The van der Waals surface area contributed by atoms with Gasteiger partial charge >= 0.3 is 0 Å². The van der Waals surface area contributed by atoms with E-state index in [-0.39, 0.29) is 11.1 Å². The molecule has 0 unspecified atom stereocenters. The lowest BCUT2D eigenvalue weighted by Gasteiger charge is -2.38. The molecule has 1 fully saturated rings. The van der Waals surface area contributed by atoms with Gasteiger partial charge in [-0.25, -0.2) is 4.98 Å². The van der Waals surface area contributed by atoms with Gasteiger partial charge in [-0.3, -0.25) is 4.79 Å². The molecule has 0 aliphatic heterocycles. The Kier molecular flexibility index (Phi) is 4.10. The number of rotatable bonds is 3.